The summed E-state index contributed by atoms with van der Waals surface area (Å²) in [6.07, 6.45) is 4.11. The molecule has 6 heteroatoms. The van der Waals surface area contributed by atoms with E-state index in [9.17, 15) is 0 Å². The highest BCUT2D eigenvalue weighted by atomic mass is 79.9. The molecule has 0 saturated carbocycles. The van der Waals surface area contributed by atoms with E-state index in [1.807, 2.05) is 24.4 Å². The Kier molecular flexibility index (Phi) is 3.41. The smallest absolute Gasteiger partial charge is 0.137 e. The van der Waals surface area contributed by atoms with Crippen LogP contribution in [0.2, 0.25) is 0 Å². The lowest BCUT2D eigenvalue weighted by atomic mass is 10.1. The molecule has 19 heavy (non-hydrogen) atoms. The van der Waals surface area contributed by atoms with E-state index in [1.165, 1.54) is 6.33 Å². The number of pyridine rings is 1. The third-order valence-corrected chi connectivity index (χ3v) is 3.56. The first-order valence-corrected chi connectivity index (χ1v) is 6.75. The van der Waals surface area contributed by atoms with Crippen molar-refractivity contribution in [3.63, 3.8) is 0 Å². The maximum Gasteiger partial charge on any atom is 0.137 e. The number of aromatic amines is 1. The Morgan fingerprint density at radius 3 is 2.95 bits per heavy atom. The Hall–Kier alpha value is -1.95. The van der Waals surface area contributed by atoms with E-state index in [0.29, 0.717) is 0 Å². The number of H-pyrrole nitrogens is 1. The number of benzene rings is 1. The summed E-state index contributed by atoms with van der Waals surface area (Å²) in [5, 5.41) is 12.3. The highest BCUT2D eigenvalue weighted by molar-refractivity contribution is 9.10. The summed E-state index contributed by atoms with van der Waals surface area (Å²) in [5.41, 5.74) is 0. The van der Waals surface area contributed by atoms with Gasteiger partial charge in [-0.2, -0.15) is 5.10 Å². The summed E-state index contributed by atoms with van der Waals surface area (Å²) in [6, 6.07) is 8.10. The maximum absolute atomic E-state index is 4.39. The van der Waals surface area contributed by atoms with E-state index in [0.717, 1.165) is 39.9 Å². The van der Waals surface area contributed by atoms with Crippen LogP contribution in [-0.4, -0.2) is 26.7 Å². The van der Waals surface area contributed by atoms with Crippen molar-refractivity contribution in [2.45, 2.75) is 6.42 Å². The minimum atomic E-state index is 0.758. The fourth-order valence-electron chi connectivity index (χ4n) is 1.96. The van der Waals surface area contributed by atoms with Crippen molar-refractivity contribution in [2.24, 2.45) is 0 Å². The molecule has 0 spiro atoms. The van der Waals surface area contributed by atoms with Crippen molar-refractivity contribution in [3.8, 4) is 0 Å². The van der Waals surface area contributed by atoms with Gasteiger partial charge in [-0.1, -0.05) is 28.1 Å². The van der Waals surface area contributed by atoms with Gasteiger partial charge in [0.05, 0.1) is 0 Å². The van der Waals surface area contributed by atoms with Gasteiger partial charge in [0.25, 0.3) is 0 Å². The first-order valence-electron chi connectivity index (χ1n) is 5.96. The highest BCUT2D eigenvalue weighted by Gasteiger charge is 2.04. The molecule has 0 atom stereocenters. The second-order valence-electron chi connectivity index (χ2n) is 4.10. The molecular formula is C13H12BrN5. The second-order valence-corrected chi connectivity index (χ2v) is 4.96. The first-order chi connectivity index (χ1) is 9.34. The van der Waals surface area contributed by atoms with Crippen molar-refractivity contribution in [1.82, 2.24) is 20.2 Å². The zero-order chi connectivity index (χ0) is 13.1. The van der Waals surface area contributed by atoms with Gasteiger partial charge >= 0.3 is 0 Å². The molecule has 1 aromatic carbocycles. The second kappa shape index (κ2) is 5.36. The lowest BCUT2D eigenvalue weighted by Gasteiger charge is -2.08. The van der Waals surface area contributed by atoms with Gasteiger partial charge in [0.2, 0.25) is 0 Å². The number of hydrogen-bond donors (Lipinski definition) is 2. The Morgan fingerprint density at radius 2 is 2.11 bits per heavy atom. The van der Waals surface area contributed by atoms with E-state index in [4.69, 9.17) is 0 Å². The first kappa shape index (κ1) is 12.1. The van der Waals surface area contributed by atoms with Gasteiger partial charge in [-0.25, -0.2) is 9.97 Å². The topological polar surface area (TPSA) is 66.5 Å². The van der Waals surface area contributed by atoms with Crippen LogP contribution in [-0.2, 0) is 6.42 Å². The van der Waals surface area contributed by atoms with Gasteiger partial charge in [0.1, 0.15) is 18.0 Å². The van der Waals surface area contributed by atoms with Gasteiger partial charge in [0, 0.05) is 34.4 Å². The number of nitrogens with one attached hydrogen (secondary N) is 2. The largest absolute Gasteiger partial charge is 0.369 e. The standard InChI is InChI=1S/C13H12BrN5/c14-11-3-1-2-10-9(11)4-6-15-13(10)16-7-5-12-17-8-18-19-12/h1-4,6,8H,5,7H2,(H,15,16)(H,17,18,19). The van der Waals surface area contributed by atoms with E-state index in [2.05, 4.69) is 47.5 Å². The van der Waals surface area contributed by atoms with E-state index in [1.54, 1.807) is 0 Å². The minimum Gasteiger partial charge on any atom is -0.369 e. The molecule has 0 saturated heterocycles. The molecule has 0 bridgehead atoms. The van der Waals surface area contributed by atoms with Gasteiger partial charge < -0.3 is 5.32 Å². The quantitative estimate of drug-likeness (QED) is 0.776. The summed E-state index contributed by atoms with van der Waals surface area (Å²) in [6.45, 7) is 0.758. The number of hydrogen-bond acceptors (Lipinski definition) is 4. The molecule has 5 nitrogen and oxygen atoms in total. The van der Waals surface area contributed by atoms with Crippen molar-refractivity contribution in [2.75, 3.05) is 11.9 Å². The van der Waals surface area contributed by atoms with Gasteiger partial charge in [-0.15, -0.1) is 0 Å². The van der Waals surface area contributed by atoms with Crippen LogP contribution < -0.4 is 5.32 Å². The predicted octanol–water partition coefficient (Wildman–Crippen LogP) is 2.77. The van der Waals surface area contributed by atoms with Crippen molar-refractivity contribution < 1.29 is 0 Å². The zero-order valence-corrected chi connectivity index (χ0v) is 11.7. The Bertz CT molecular complexity index is 681. The van der Waals surface area contributed by atoms with Gasteiger partial charge in [-0.3, -0.25) is 5.10 Å². The fourth-order valence-corrected chi connectivity index (χ4v) is 2.46. The Balaban J connectivity index is 1.79. The molecule has 0 unspecified atom stereocenters. The van der Waals surface area contributed by atoms with Crippen molar-refractivity contribution >= 4 is 32.5 Å². The van der Waals surface area contributed by atoms with E-state index >= 15 is 0 Å². The Morgan fingerprint density at radius 1 is 1.16 bits per heavy atom. The minimum absolute atomic E-state index is 0.758. The van der Waals surface area contributed by atoms with Crippen LogP contribution in [0.25, 0.3) is 10.8 Å². The van der Waals surface area contributed by atoms with Crippen LogP contribution >= 0.6 is 15.9 Å². The molecule has 96 valence electrons. The van der Waals surface area contributed by atoms with E-state index in [-0.39, 0.29) is 0 Å². The van der Waals surface area contributed by atoms with Crippen LogP contribution in [0, 0.1) is 0 Å². The number of rotatable bonds is 4. The summed E-state index contributed by atoms with van der Waals surface area (Å²) < 4.78 is 1.07. The molecule has 3 aromatic rings. The molecule has 2 N–H and O–H groups in total. The zero-order valence-electron chi connectivity index (χ0n) is 10.1. The normalized spacial score (nSPS) is 10.8. The van der Waals surface area contributed by atoms with Crippen LogP contribution in [0.1, 0.15) is 5.82 Å². The SMILES string of the molecule is Brc1cccc2c(NCCc3ncn[nH]3)nccc12. The third-order valence-electron chi connectivity index (χ3n) is 2.87. The molecule has 0 aliphatic rings. The number of halogens is 1. The predicted molar refractivity (Wildman–Crippen MR) is 78.0 cm³/mol. The van der Waals surface area contributed by atoms with Crippen LogP contribution in [0.4, 0.5) is 5.82 Å². The average Bonchev–Trinajstić information content (AvgIpc) is 2.93. The lowest BCUT2D eigenvalue weighted by Crippen LogP contribution is -2.07. The Labute approximate surface area is 118 Å². The fraction of sp³-hybridized carbons (Fsp3) is 0.154. The molecule has 3 rings (SSSR count). The molecule has 0 fully saturated rings. The lowest BCUT2D eigenvalue weighted by molar-refractivity contribution is 0.898. The molecule has 2 aromatic heterocycles. The number of aromatic nitrogens is 4. The molecule has 0 aliphatic carbocycles. The number of nitrogens with zero attached hydrogens (tertiary/aromatic N) is 3. The van der Waals surface area contributed by atoms with Gasteiger partial charge in [0.15, 0.2) is 0 Å². The molecular weight excluding hydrogens is 306 g/mol. The van der Waals surface area contributed by atoms with Gasteiger partial charge in [-0.05, 0) is 12.1 Å². The molecule has 0 amide bonds. The number of anilines is 1. The van der Waals surface area contributed by atoms with Crippen LogP contribution in [0.5, 0.6) is 0 Å². The molecule has 0 aliphatic heterocycles. The third kappa shape index (κ3) is 2.58. The summed E-state index contributed by atoms with van der Waals surface area (Å²) in [4.78, 5) is 8.48. The monoisotopic (exact) mass is 317 g/mol. The summed E-state index contributed by atoms with van der Waals surface area (Å²) in [5.74, 6) is 1.76. The van der Waals surface area contributed by atoms with Crippen molar-refractivity contribution in [3.05, 3.63) is 47.1 Å². The maximum atomic E-state index is 4.39. The summed E-state index contributed by atoms with van der Waals surface area (Å²) in [7, 11) is 0. The molecule has 0 radical (unpaired) electrons. The van der Waals surface area contributed by atoms with Crippen LogP contribution in [0.15, 0.2) is 41.3 Å². The van der Waals surface area contributed by atoms with E-state index < -0.39 is 0 Å². The number of fused-ring (bicyclic) bond motifs is 1. The van der Waals surface area contributed by atoms with Crippen molar-refractivity contribution in [1.29, 1.82) is 0 Å². The highest BCUT2D eigenvalue weighted by Crippen LogP contribution is 2.27. The average molecular weight is 318 g/mol. The van der Waals surface area contributed by atoms with Crippen LogP contribution in [0.3, 0.4) is 0 Å². The molecule has 2 heterocycles. The summed E-state index contributed by atoms with van der Waals surface area (Å²) >= 11 is 3.55.